The van der Waals surface area contributed by atoms with E-state index in [4.69, 9.17) is 5.11 Å². The molecule has 1 amide bonds. The van der Waals surface area contributed by atoms with Crippen LogP contribution in [0.4, 0.5) is 0 Å². The van der Waals surface area contributed by atoms with E-state index < -0.39 is 12.2 Å². The molecule has 1 atom stereocenters. The van der Waals surface area contributed by atoms with Gasteiger partial charge in [-0.05, 0) is 39.0 Å². The van der Waals surface area contributed by atoms with Gasteiger partial charge in [-0.25, -0.2) is 0 Å². The van der Waals surface area contributed by atoms with E-state index in [1.54, 1.807) is 0 Å². The van der Waals surface area contributed by atoms with E-state index in [1.165, 1.54) is 69.6 Å². The average molecular weight is 451 g/mol. The van der Waals surface area contributed by atoms with Gasteiger partial charge in [-0.1, -0.05) is 70.4 Å². The van der Waals surface area contributed by atoms with E-state index in [1.807, 2.05) is 0 Å². The van der Waals surface area contributed by atoms with Crippen LogP contribution in [0.5, 0.6) is 0 Å². The number of carboxylic acid groups (broad SMARTS) is 1. The number of nitrogens with zero attached hydrogens (tertiary/aromatic N) is 1. The predicted molar refractivity (Wildman–Crippen MR) is 131 cm³/mol. The molecule has 31 heavy (non-hydrogen) atoms. The molecule has 0 aromatic carbocycles. The van der Waals surface area contributed by atoms with Crippen molar-refractivity contribution < 1.29 is 19.8 Å². The summed E-state index contributed by atoms with van der Waals surface area (Å²) in [5, 5.41) is 21.1. The van der Waals surface area contributed by atoms with E-state index in [9.17, 15) is 14.7 Å². The van der Waals surface area contributed by atoms with E-state index in [0.717, 1.165) is 25.7 Å². The molecule has 0 saturated heterocycles. The van der Waals surface area contributed by atoms with Crippen LogP contribution in [0.15, 0.2) is 12.2 Å². The number of hydrogen-bond donors (Lipinski definition) is 3. The molecule has 0 aliphatic carbocycles. The molecular formula is C24H47N2NaO4. The van der Waals surface area contributed by atoms with Gasteiger partial charge in [0.05, 0.1) is 6.54 Å². The average Bonchev–Trinajstić information content (AvgIpc) is 2.69. The summed E-state index contributed by atoms with van der Waals surface area (Å²) in [6.45, 7) is 4.21. The van der Waals surface area contributed by atoms with Crippen molar-refractivity contribution in [2.24, 2.45) is 0 Å². The van der Waals surface area contributed by atoms with Crippen LogP contribution < -0.4 is 5.32 Å². The number of carboxylic acids is 1. The molecule has 3 N–H and O–H groups in total. The van der Waals surface area contributed by atoms with Crippen molar-refractivity contribution in [3.63, 3.8) is 0 Å². The molecule has 0 heterocycles. The zero-order valence-electron chi connectivity index (χ0n) is 19.4. The fourth-order valence-corrected chi connectivity index (χ4v) is 3.36. The maximum absolute atomic E-state index is 11.8. The Kier molecular flexibility index (Phi) is 25.6. The summed E-state index contributed by atoms with van der Waals surface area (Å²) in [4.78, 5) is 24.0. The Morgan fingerprint density at radius 2 is 1.42 bits per heavy atom. The van der Waals surface area contributed by atoms with E-state index in [0.29, 0.717) is 19.5 Å². The van der Waals surface area contributed by atoms with Crippen molar-refractivity contribution in [1.82, 2.24) is 10.2 Å². The van der Waals surface area contributed by atoms with Gasteiger partial charge in [0.25, 0.3) is 0 Å². The van der Waals surface area contributed by atoms with Crippen molar-refractivity contribution >= 4 is 41.4 Å². The second-order valence-electron chi connectivity index (χ2n) is 8.18. The summed E-state index contributed by atoms with van der Waals surface area (Å²) in [7, 11) is 0. The van der Waals surface area contributed by atoms with Crippen molar-refractivity contribution in [3.05, 3.63) is 12.2 Å². The van der Waals surface area contributed by atoms with Gasteiger partial charge in [-0.2, -0.15) is 0 Å². The third kappa shape index (κ3) is 24.1. The summed E-state index contributed by atoms with van der Waals surface area (Å²) in [5.41, 5.74) is 0. The summed E-state index contributed by atoms with van der Waals surface area (Å²) < 4.78 is 0. The summed E-state index contributed by atoms with van der Waals surface area (Å²) in [6, 6.07) is 0. The number of hydrogen-bond acceptors (Lipinski definition) is 4. The zero-order valence-corrected chi connectivity index (χ0v) is 19.4. The molecule has 7 heteroatoms. The second kappa shape index (κ2) is 24.2. The minimum absolute atomic E-state index is 0. The van der Waals surface area contributed by atoms with E-state index >= 15 is 0 Å². The molecule has 0 spiro atoms. The van der Waals surface area contributed by atoms with Gasteiger partial charge in [0.15, 0.2) is 0 Å². The first-order valence-electron chi connectivity index (χ1n) is 12.0. The molecule has 178 valence electrons. The molecule has 0 aromatic heterocycles. The van der Waals surface area contributed by atoms with E-state index in [2.05, 4.69) is 24.4 Å². The van der Waals surface area contributed by atoms with Crippen LogP contribution in [0.25, 0.3) is 0 Å². The number of rotatable bonds is 21. The summed E-state index contributed by atoms with van der Waals surface area (Å²) in [6.07, 6.45) is 20.4. The molecule has 0 saturated carbocycles. The van der Waals surface area contributed by atoms with Gasteiger partial charge in [0.1, 0.15) is 6.23 Å². The van der Waals surface area contributed by atoms with Crippen LogP contribution >= 0.6 is 0 Å². The Bertz CT molecular complexity index is 459. The van der Waals surface area contributed by atoms with E-state index in [-0.39, 0.29) is 42.0 Å². The number of nitrogens with one attached hydrogen (secondary N) is 1. The second-order valence-corrected chi connectivity index (χ2v) is 8.18. The maximum atomic E-state index is 11.8. The van der Waals surface area contributed by atoms with Gasteiger partial charge in [-0.15, -0.1) is 0 Å². The fraction of sp³-hybridized carbons (Fsp3) is 0.833. The van der Waals surface area contributed by atoms with Crippen molar-refractivity contribution in [2.75, 3.05) is 19.6 Å². The van der Waals surface area contributed by atoms with Gasteiger partial charge < -0.3 is 15.5 Å². The first-order valence-corrected chi connectivity index (χ1v) is 12.0. The molecule has 6 nitrogen and oxygen atoms in total. The Balaban J connectivity index is 0. The quantitative estimate of drug-likeness (QED) is 0.105. The molecule has 0 aliphatic rings. The SMILES string of the molecule is CCCCCCCC/C=C\CCCCCCCC(=O)NCCN(CC(=O)O)C(C)O.[NaH]. The molecule has 0 bridgehead atoms. The van der Waals surface area contributed by atoms with Crippen molar-refractivity contribution in [3.8, 4) is 0 Å². The number of allylic oxidation sites excluding steroid dienone is 2. The Labute approximate surface area is 212 Å². The van der Waals surface area contributed by atoms with Crippen LogP contribution in [-0.4, -0.2) is 82.4 Å². The Morgan fingerprint density at radius 3 is 1.94 bits per heavy atom. The van der Waals surface area contributed by atoms with Crippen LogP contribution in [0.1, 0.15) is 104 Å². The molecule has 0 fully saturated rings. The standard InChI is InChI=1S/C24H46N2O4.Na.H/c1-3-4-5-6-7-8-9-10-11-12-13-14-15-16-17-18-23(28)25-19-20-26(22(2)27)21-24(29)30;;/h10-11,22,27H,3-9,12-21H2,1-2H3,(H,25,28)(H,29,30);;/b11-10-;;. The number of unbranched alkanes of at least 4 members (excludes halogenated alkanes) is 11. The third-order valence-corrected chi connectivity index (χ3v) is 5.25. The molecule has 0 radical (unpaired) electrons. The number of aliphatic carboxylic acids is 1. The van der Waals surface area contributed by atoms with Crippen LogP contribution in [-0.2, 0) is 9.59 Å². The van der Waals surface area contributed by atoms with Crippen molar-refractivity contribution in [1.29, 1.82) is 0 Å². The number of carbonyl (C=O) groups is 2. The normalized spacial score (nSPS) is 12.1. The number of aliphatic hydroxyl groups excluding tert-OH is 1. The summed E-state index contributed by atoms with van der Waals surface area (Å²) in [5.74, 6) is -0.996. The van der Waals surface area contributed by atoms with Crippen LogP contribution in [0, 0.1) is 0 Å². The number of amides is 1. The van der Waals surface area contributed by atoms with Gasteiger partial charge in [0.2, 0.25) is 5.91 Å². The zero-order chi connectivity index (χ0) is 22.5. The van der Waals surface area contributed by atoms with Gasteiger partial charge >= 0.3 is 35.5 Å². The van der Waals surface area contributed by atoms with Gasteiger partial charge in [0, 0.05) is 19.5 Å². The Morgan fingerprint density at radius 1 is 0.903 bits per heavy atom. The van der Waals surface area contributed by atoms with Crippen molar-refractivity contribution in [2.45, 2.75) is 110 Å². The van der Waals surface area contributed by atoms with Crippen LogP contribution in [0.2, 0.25) is 0 Å². The number of carbonyl (C=O) groups excluding carboxylic acids is 1. The molecular weight excluding hydrogens is 403 g/mol. The monoisotopic (exact) mass is 450 g/mol. The molecule has 0 rings (SSSR count). The molecule has 0 aliphatic heterocycles. The third-order valence-electron chi connectivity index (χ3n) is 5.25. The van der Waals surface area contributed by atoms with Crippen LogP contribution in [0.3, 0.4) is 0 Å². The minimum atomic E-state index is -0.990. The predicted octanol–water partition coefficient (Wildman–Crippen LogP) is 4.22. The fourth-order valence-electron chi connectivity index (χ4n) is 3.36. The number of aliphatic hydroxyl groups is 1. The first kappa shape index (κ1) is 32.8. The summed E-state index contributed by atoms with van der Waals surface area (Å²) >= 11 is 0. The molecule has 0 aromatic rings. The Hall–Kier alpha value is -0.400. The molecule has 1 unspecified atom stereocenters. The van der Waals surface area contributed by atoms with Gasteiger partial charge in [-0.3, -0.25) is 14.5 Å². The topological polar surface area (TPSA) is 89.9 Å². The first-order chi connectivity index (χ1) is 14.5.